The van der Waals surface area contributed by atoms with E-state index in [1.165, 1.54) is 18.4 Å². The van der Waals surface area contributed by atoms with Gasteiger partial charge >= 0.3 is 0 Å². The largest absolute Gasteiger partial charge is 0.379 e. The average molecular weight is 341 g/mol. The van der Waals surface area contributed by atoms with Crippen molar-refractivity contribution in [2.45, 2.75) is 19.9 Å². The van der Waals surface area contributed by atoms with E-state index >= 15 is 0 Å². The quantitative estimate of drug-likeness (QED) is 0.834. The first-order chi connectivity index (χ1) is 10.7. The van der Waals surface area contributed by atoms with E-state index in [9.17, 15) is 13.2 Å². The lowest BCUT2D eigenvalue weighted by molar-refractivity contribution is 0.0925. The fraction of sp³-hybridized carbons (Fsp3) is 0.600. The predicted molar refractivity (Wildman–Crippen MR) is 86.7 cm³/mol. The maximum atomic E-state index is 12.4. The molecule has 1 aromatic heterocycles. The van der Waals surface area contributed by atoms with Crippen molar-refractivity contribution < 1.29 is 17.9 Å². The molecule has 1 N–H and O–H groups in total. The van der Waals surface area contributed by atoms with E-state index < -0.39 is 10.0 Å². The van der Waals surface area contributed by atoms with Crippen LogP contribution >= 0.6 is 0 Å². The van der Waals surface area contributed by atoms with Crippen LogP contribution in [0.15, 0.2) is 12.1 Å². The molecule has 0 saturated carbocycles. The summed E-state index contributed by atoms with van der Waals surface area (Å²) in [4.78, 5) is 16.6. The molecule has 1 fully saturated rings. The average Bonchev–Trinajstić information content (AvgIpc) is 2.84. The molecule has 8 heteroatoms. The minimum absolute atomic E-state index is 0.0423. The number of aryl methyl sites for hydroxylation is 2. The maximum absolute atomic E-state index is 12.4. The Hall–Kier alpha value is -1.51. The Morgan fingerprint density at radius 1 is 1.30 bits per heavy atom. The fourth-order valence-electron chi connectivity index (χ4n) is 2.56. The number of carbonyl (C=O) groups is 1. The van der Waals surface area contributed by atoms with Crippen LogP contribution in [0.4, 0.5) is 0 Å². The van der Waals surface area contributed by atoms with Gasteiger partial charge in [0.25, 0.3) is 5.91 Å². The Balaban J connectivity index is 2.07. The van der Waals surface area contributed by atoms with E-state index in [0.717, 1.165) is 11.4 Å². The normalized spacial score (nSPS) is 21.6. The Labute approximate surface area is 137 Å². The van der Waals surface area contributed by atoms with Gasteiger partial charge in [-0.3, -0.25) is 9.78 Å². The van der Waals surface area contributed by atoms with Crippen molar-refractivity contribution in [1.82, 2.24) is 14.6 Å². The zero-order valence-corrected chi connectivity index (χ0v) is 14.7. The summed E-state index contributed by atoms with van der Waals surface area (Å²) in [5.74, 6) is -0.531. The number of ether oxygens (including phenoxy) is 1. The smallest absolute Gasteiger partial charge is 0.251 e. The van der Waals surface area contributed by atoms with Crippen LogP contribution in [0.5, 0.6) is 0 Å². The second-order valence-electron chi connectivity index (χ2n) is 6.08. The minimum Gasteiger partial charge on any atom is -0.379 e. The highest BCUT2D eigenvalue weighted by atomic mass is 32.2. The summed E-state index contributed by atoms with van der Waals surface area (Å²) in [6.07, 6.45) is 0. The van der Waals surface area contributed by atoms with Gasteiger partial charge in [0.05, 0.1) is 25.0 Å². The molecule has 1 amide bonds. The number of nitrogens with zero attached hydrogens (tertiary/aromatic N) is 2. The number of rotatable bonds is 5. The zero-order valence-electron chi connectivity index (χ0n) is 13.9. The van der Waals surface area contributed by atoms with Gasteiger partial charge in [-0.05, 0) is 26.0 Å². The summed E-state index contributed by atoms with van der Waals surface area (Å²) in [7, 11) is -0.334. The van der Waals surface area contributed by atoms with Crippen molar-refractivity contribution in [2.75, 3.05) is 33.1 Å². The van der Waals surface area contributed by atoms with Gasteiger partial charge in [0.15, 0.2) is 0 Å². The Bertz CT molecular complexity index is 668. The molecular weight excluding hydrogens is 318 g/mol. The van der Waals surface area contributed by atoms with Gasteiger partial charge in [0.1, 0.15) is 0 Å². The maximum Gasteiger partial charge on any atom is 0.251 e. The van der Waals surface area contributed by atoms with Gasteiger partial charge in [-0.1, -0.05) is 0 Å². The molecule has 0 radical (unpaired) electrons. The summed E-state index contributed by atoms with van der Waals surface area (Å²) < 4.78 is 30.6. The molecule has 2 atom stereocenters. The third-order valence-corrected chi connectivity index (χ3v) is 5.80. The number of sulfonamides is 1. The fourth-order valence-corrected chi connectivity index (χ4v) is 3.73. The number of hydrogen-bond acceptors (Lipinski definition) is 5. The second kappa shape index (κ2) is 6.94. The molecular formula is C15H23N3O4S. The molecule has 2 rings (SSSR count). The van der Waals surface area contributed by atoms with Crippen molar-refractivity contribution in [3.05, 3.63) is 29.1 Å². The van der Waals surface area contributed by atoms with E-state index in [2.05, 4.69) is 10.3 Å². The van der Waals surface area contributed by atoms with E-state index in [1.807, 2.05) is 13.8 Å². The monoisotopic (exact) mass is 341 g/mol. The second-order valence-corrected chi connectivity index (χ2v) is 8.30. The number of aromatic nitrogens is 1. The molecule has 1 aliphatic rings. The molecule has 2 heterocycles. The van der Waals surface area contributed by atoms with Crippen molar-refractivity contribution in [2.24, 2.45) is 5.92 Å². The summed E-state index contributed by atoms with van der Waals surface area (Å²) in [6.45, 7) is 4.30. The van der Waals surface area contributed by atoms with Crippen LogP contribution in [-0.2, 0) is 14.8 Å². The lowest BCUT2D eigenvalue weighted by Gasteiger charge is -2.21. The lowest BCUT2D eigenvalue weighted by Crippen LogP contribution is -2.43. The van der Waals surface area contributed by atoms with Crippen molar-refractivity contribution in [1.29, 1.82) is 0 Å². The van der Waals surface area contributed by atoms with Crippen LogP contribution < -0.4 is 5.32 Å². The van der Waals surface area contributed by atoms with Crippen molar-refractivity contribution >= 4 is 15.9 Å². The molecule has 0 spiro atoms. The number of pyridine rings is 1. The number of carbonyl (C=O) groups excluding carboxylic acids is 1. The SMILES string of the molecule is Cc1cc(C(=O)N[C@@H]2COC[C@H]2CS(=O)(=O)N(C)C)cc(C)n1. The van der Waals surface area contributed by atoms with Gasteiger partial charge < -0.3 is 10.1 Å². The van der Waals surface area contributed by atoms with Crippen molar-refractivity contribution in [3.63, 3.8) is 0 Å². The van der Waals surface area contributed by atoms with Gasteiger partial charge in [-0.2, -0.15) is 0 Å². The van der Waals surface area contributed by atoms with Gasteiger partial charge in [0.2, 0.25) is 10.0 Å². The third-order valence-electron chi connectivity index (χ3n) is 3.84. The molecule has 1 saturated heterocycles. The Morgan fingerprint density at radius 3 is 2.48 bits per heavy atom. The lowest BCUT2D eigenvalue weighted by atomic mass is 10.1. The first-order valence-corrected chi connectivity index (χ1v) is 9.04. The highest BCUT2D eigenvalue weighted by molar-refractivity contribution is 7.89. The molecule has 0 aromatic carbocycles. The molecule has 23 heavy (non-hydrogen) atoms. The van der Waals surface area contributed by atoms with Crippen molar-refractivity contribution in [3.8, 4) is 0 Å². The Kier molecular flexibility index (Phi) is 5.38. The molecule has 0 bridgehead atoms. The van der Waals surface area contributed by atoms with Crippen LogP contribution in [0, 0.1) is 19.8 Å². The van der Waals surface area contributed by atoms with E-state index in [0.29, 0.717) is 18.8 Å². The highest BCUT2D eigenvalue weighted by Gasteiger charge is 2.34. The number of amides is 1. The van der Waals surface area contributed by atoms with E-state index in [4.69, 9.17) is 4.74 Å². The third kappa shape index (κ3) is 4.49. The Morgan fingerprint density at radius 2 is 1.91 bits per heavy atom. The van der Waals surface area contributed by atoms with Crippen LogP contribution in [0.1, 0.15) is 21.7 Å². The molecule has 1 aromatic rings. The number of hydrogen-bond donors (Lipinski definition) is 1. The zero-order chi connectivity index (χ0) is 17.2. The summed E-state index contributed by atoms with van der Waals surface area (Å²) in [5.41, 5.74) is 2.06. The first-order valence-electron chi connectivity index (χ1n) is 7.43. The van der Waals surface area contributed by atoms with Gasteiger partial charge in [0, 0.05) is 37.0 Å². The van der Waals surface area contributed by atoms with Crippen LogP contribution in [0.2, 0.25) is 0 Å². The molecule has 1 aliphatic heterocycles. The number of nitrogens with one attached hydrogen (secondary N) is 1. The van der Waals surface area contributed by atoms with Crippen LogP contribution in [0.3, 0.4) is 0 Å². The van der Waals surface area contributed by atoms with Gasteiger partial charge in [-0.15, -0.1) is 0 Å². The van der Waals surface area contributed by atoms with Crippen LogP contribution in [0.25, 0.3) is 0 Å². The molecule has 7 nitrogen and oxygen atoms in total. The minimum atomic E-state index is -3.34. The highest BCUT2D eigenvalue weighted by Crippen LogP contribution is 2.18. The van der Waals surface area contributed by atoms with Crippen LogP contribution in [-0.4, -0.2) is 62.7 Å². The molecule has 0 unspecified atom stereocenters. The summed E-state index contributed by atoms with van der Waals surface area (Å²) >= 11 is 0. The summed E-state index contributed by atoms with van der Waals surface area (Å²) in [6, 6.07) is 3.11. The molecule has 128 valence electrons. The van der Waals surface area contributed by atoms with E-state index in [1.54, 1.807) is 12.1 Å². The topological polar surface area (TPSA) is 88.6 Å². The summed E-state index contributed by atoms with van der Waals surface area (Å²) in [5, 5.41) is 2.89. The predicted octanol–water partition coefficient (Wildman–Crippen LogP) is 0.335. The van der Waals surface area contributed by atoms with Gasteiger partial charge in [-0.25, -0.2) is 12.7 Å². The standard InChI is InChI=1S/C15H23N3O4S/c1-10-5-12(6-11(2)16-10)15(19)17-14-8-22-7-13(14)9-23(20,21)18(3)4/h5-6,13-14H,7-9H2,1-4H3,(H,17,19)/t13-,14+/m0/s1. The first kappa shape index (κ1) is 17.8. The van der Waals surface area contributed by atoms with E-state index in [-0.39, 0.29) is 23.6 Å². The molecule has 0 aliphatic carbocycles.